The Balaban J connectivity index is 1.23. The van der Waals surface area contributed by atoms with Crippen molar-refractivity contribution in [1.29, 1.82) is 5.26 Å². The van der Waals surface area contributed by atoms with Gasteiger partial charge in [0, 0.05) is 33.3 Å². The average Bonchev–Trinajstić information content (AvgIpc) is 3.73. The third-order valence-corrected chi connectivity index (χ3v) is 10.8. The Morgan fingerprint density at radius 3 is 1.48 bits per heavy atom. The van der Waals surface area contributed by atoms with E-state index in [0.29, 0.717) is 5.56 Å². The first-order valence-corrected chi connectivity index (χ1v) is 18.3. The summed E-state index contributed by atoms with van der Waals surface area (Å²) in [6, 6.07) is 60.6. The van der Waals surface area contributed by atoms with Crippen LogP contribution in [-0.4, -0.2) is 14.1 Å². The summed E-state index contributed by atoms with van der Waals surface area (Å²) in [7, 11) is 0. The number of para-hydroxylation sites is 2. The molecule has 0 radical (unpaired) electrons. The quantitative estimate of drug-likeness (QED) is 0.180. The highest BCUT2D eigenvalue weighted by atomic mass is 15.0. The van der Waals surface area contributed by atoms with Gasteiger partial charge in [0.25, 0.3) is 0 Å². The smallest absolute Gasteiger partial charge is 0.0999 e. The van der Waals surface area contributed by atoms with Crippen molar-refractivity contribution in [3.63, 3.8) is 0 Å². The second kappa shape index (κ2) is 12.5. The standard InChI is InChI=1S/C50H34N4/c1-32-16-20-34(21-17-32)36-24-26-45-41(29-36)39-10-3-5-12-43(39)53(45)47-14-7-9-38(31-51)49(47)50-48(15-8-28-52-50)54-44-13-6-4-11-40(44)42-30-37(25-27-46(42)54)35-22-18-33(2)19-23-35/h3-30H,1-2H3. The molecule has 0 aliphatic heterocycles. The van der Waals surface area contributed by atoms with Gasteiger partial charge in [-0.1, -0.05) is 114 Å². The maximum atomic E-state index is 10.7. The third-order valence-electron chi connectivity index (χ3n) is 10.8. The maximum absolute atomic E-state index is 10.7. The van der Waals surface area contributed by atoms with Crippen molar-refractivity contribution in [2.45, 2.75) is 13.8 Å². The highest BCUT2D eigenvalue weighted by Crippen LogP contribution is 2.42. The minimum atomic E-state index is 0.567. The molecule has 10 aromatic rings. The number of rotatable bonds is 5. The van der Waals surface area contributed by atoms with E-state index in [-0.39, 0.29) is 0 Å². The van der Waals surface area contributed by atoms with Gasteiger partial charge in [0.15, 0.2) is 0 Å². The number of hydrogen-bond donors (Lipinski definition) is 0. The van der Waals surface area contributed by atoms with E-state index in [9.17, 15) is 5.26 Å². The summed E-state index contributed by atoms with van der Waals surface area (Å²) in [5, 5.41) is 15.4. The van der Waals surface area contributed by atoms with Gasteiger partial charge in [0.2, 0.25) is 0 Å². The third kappa shape index (κ3) is 4.94. The first-order valence-electron chi connectivity index (χ1n) is 18.3. The minimum Gasteiger partial charge on any atom is -0.309 e. The van der Waals surface area contributed by atoms with Crippen molar-refractivity contribution in [3.8, 4) is 51.0 Å². The summed E-state index contributed by atoms with van der Waals surface area (Å²) in [6.45, 7) is 4.23. The lowest BCUT2D eigenvalue weighted by Gasteiger charge is -2.18. The van der Waals surface area contributed by atoms with Gasteiger partial charge in [-0.2, -0.15) is 5.26 Å². The van der Waals surface area contributed by atoms with Crippen LogP contribution in [0.5, 0.6) is 0 Å². The fourth-order valence-corrected chi connectivity index (χ4v) is 8.15. The zero-order chi connectivity index (χ0) is 36.3. The Kier molecular flexibility index (Phi) is 7.28. The van der Waals surface area contributed by atoms with Crippen LogP contribution in [0.4, 0.5) is 0 Å². The van der Waals surface area contributed by atoms with E-state index in [2.05, 4.69) is 175 Å². The predicted molar refractivity (Wildman–Crippen MR) is 223 cm³/mol. The second-order valence-electron chi connectivity index (χ2n) is 14.1. The number of aryl methyl sites for hydroxylation is 2. The molecular weight excluding hydrogens is 657 g/mol. The number of nitriles is 1. The zero-order valence-electron chi connectivity index (χ0n) is 30.0. The SMILES string of the molecule is Cc1ccc(-c2ccc3c(c2)c2ccccc2n3-c2cccnc2-c2c(C#N)cccc2-n2c3ccccc3c3cc(-c4ccc(C)cc4)ccc32)cc1. The van der Waals surface area contributed by atoms with Crippen LogP contribution in [-0.2, 0) is 0 Å². The molecule has 4 nitrogen and oxygen atoms in total. The Morgan fingerprint density at radius 2 is 0.926 bits per heavy atom. The van der Waals surface area contributed by atoms with E-state index in [1.807, 2.05) is 24.4 Å². The van der Waals surface area contributed by atoms with Crippen LogP contribution in [0.25, 0.3) is 88.5 Å². The van der Waals surface area contributed by atoms with Crippen LogP contribution in [0.3, 0.4) is 0 Å². The van der Waals surface area contributed by atoms with E-state index in [1.165, 1.54) is 38.8 Å². The van der Waals surface area contributed by atoms with E-state index in [0.717, 1.165) is 60.9 Å². The molecule has 54 heavy (non-hydrogen) atoms. The molecule has 3 heterocycles. The van der Waals surface area contributed by atoms with Gasteiger partial charge in [0.1, 0.15) is 0 Å². The van der Waals surface area contributed by atoms with E-state index in [1.54, 1.807) is 0 Å². The molecule has 0 unspecified atom stereocenters. The van der Waals surface area contributed by atoms with Crippen molar-refractivity contribution in [2.75, 3.05) is 0 Å². The van der Waals surface area contributed by atoms with Crippen LogP contribution in [0.15, 0.2) is 170 Å². The van der Waals surface area contributed by atoms with Crippen molar-refractivity contribution in [2.24, 2.45) is 0 Å². The molecule has 0 atom stereocenters. The van der Waals surface area contributed by atoms with Crippen LogP contribution in [0, 0.1) is 25.2 Å². The molecular formula is C50H34N4. The normalized spacial score (nSPS) is 11.5. The molecule has 0 amide bonds. The van der Waals surface area contributed by atoms with E-state index in [4.69, 9.17) is 4.98 Å². The van der Waals surface area contributed by atoms with E-state index >= 15 is 0 Å². The number of nitrogens with zero attached hydrogens (tertiary/aromatic N) is 4. The molecule has 0 aliphatic rings. The summed E-state index contributed by atoms with van der Waals surface area (Å²) in [6.07, 6.45) is 1.83. The van der Waals surface area contributed by atoms with Crippen LogP contribution in [0.2, 0.25) is 0 Å². The highest BCUT2D eigenvalue weighted by Gasteiger charge is 2.23. The van der Waals surface area contributed by atoms with Crippen molar-refractivity contribution >= 4 is 43.6 Å². The number of benzene rings is 7. The summed E-state index contributed by atoms with van der Waals surface area (Å²) >= 11 is 0. The van der Waals surface area contributed by atoms with Gasteiger partial charge < -0.3 is 9.13 Å². The number of pyridine rings is 1. The van der Waals surface area contributed by atoms with Gasteiger partial charge >= 0.3 is 0 Å². The first-order chi connectivity index (χ1) is 26.6. The lowest BCUT2D eigenvalue weighted by molar-refractivity contribution is 1.12. The topological polar surface area (TPSA) is 46.5 Å². The first kappa shape index (κ1) is 31.5. The van der Waals surface area contributed by atoms with Crippen LogP contribution >= 0.6 is 0 Å². The molecule has 0 aliphatic carbocycles. The molecule has 0 fully saturated rings. The molecule has 254 valence electrons. The fraction of sp³-hybridized carbons (Fsp3) is 0.0400. The molecule has 0 N–H and O–H groups in total. The van der Waals surface area contributed by atoms with Gasteiger partial charge in [-0.3, -0.25) is 4.98 Å². The number of aromatic nitrogens is 3. The van der Waals surface area contributed by atoms with Crippen LogP contribution < -0.4 is 0 Å². The summed E-state index contributed by atoms with van der Waals surface area (Å²) in [5.74, 6) is 0. The minimum absolute atomic E-state index is 0.567. The number of hydrogen-bond acceptors (Lipinski definition) is 2. The molecule has 0 bridgehead atoms. The van der Waals surface area contributed by atoms with Gasteiger partial charge in [-0.25, -0.2) is 0 Å². The predicted octanol–water partition coefficient (Wildman–Crippen LogP) is 12.8. The van der Waals surface area contributed by atoms with Gasteiger partial charge in [0.05, 0.1) is 50.8 Å². The molecule has 0 saturated carbocycles. The van der Waals surface area contributed by atoms with Crippen molar-refractivity contribution < 1.29 is 0 Å². The monoisotopic (exact) mass is 690 g/mol. The second-order valence-corrected chi connectivity index (χ2v) is 14.1. The van der Waals surface area contributed by atoms with E-state index < -0.39 is 0 Å². The maximum Gasteiger partial charge on any atom is 0.0999 e. The Bertz CT molecular complexity index is 3120. The summed E-state index contributed by atoms with van der Waals surface area (Å²) < 4.78 is 4.61. The van der Waals surface area contributed by atoms with Crippen molar-refractivity contribution in [1.82, 2.24) is 14.1 Å². The summed E-state index contributed by atoms with van der Waals surface area (Å²) in [4.78, 5) is 5.11. The average molecular weight is 691 g/mol. The van der Waals surface area contributed by atoms with Gasteiger partial charge in [-0.05, 0) is 96.8 Å². The molecule has 7 aromatic carbocycles. The molecule has 4 heteroatoms. The van der Waals surface area contributed by atoms with Crippen molar-refractivity contribution in [3.05, 3.63) is 187 Å². The lowest BCUT2D eigenvalue weighted by atomic mass is 10.00. The largest absolute Gasteiger partial charge is 0.309 e. The zero-order valence-corrected chi connectivity index (χ0v) is 30.0. The number of fused-ring (bicyclic) bond motifs is 6. The molecule has 0 saturated heterocycles. The Hall–Kier alpha value is -7.22. The molecule has 0 spiro atoms. The van der Waals surface area contributed by atoms with Crippen LogP contribution in [0.1, 0.15) is 16.7 Å². The Labute approximate surface area is 313 Å². The molecule has 10 rings (SSSR count). The fourth-order valence-electron chi connectivity index (χ4n) is 8.15. The van der Waals surface area contributed by atoms with Gasteiger partial charge in [-0.15, -0.1) is 0 Å². The Morgan fingerprint density at radius 1 is 0.444 bits per heavy atom. The molecule has 3 aromatic heterocycles. The summed E-state index contributed by atoms with van der Waals surface area (Å²) in [5.41, 5.74) is 15.4. The lowest BCUT2D eigenvalue weighted by Crippen LogP contribution is -2.04. The highest BCUT2D eigenvalue weighted by molar-refractivity contribution is 6.12.